The Kier molecular flexibility index (Phi) is 3.99. The molecule has 0 aromatic heterocycles. The van der Waals surface area contributed by atoms with Gasteiger partial charge < -0.3 is 10.5 Å². The van der Waals surface area contributed by atoms with Crippen molar-refractivity contribution in [2.75, 3.05) is 0 Å². The number of ether oxygens (including phenoxy) is 1. The maximum absolute atomic E-state index is 12.1. The zero-order valence-electron chi connectivity index (χ0n) is 10.8. The highest BCUT2D eigenvalue weighted by Crippen LogP contribution is 2.27. The highest BCUT2D eigenvalue weighted by atomic mass is 19.4. The molecule has 5 heteroatoms. The van der Waals surface area contributed by atoms with Gasteiger partial charge in [-0.25, -0.2) is 0 Å². The van der Waals surface area contributed by atoms with Gasteiger partial charge in [-0.3, -0.25) is 0 Å². The van der Waals surface area contributed by atoms with E-state index in [-0.39, 0.29) is 11.8 Å². The van der Waals surface area contributed by atoms with Gasteiger partial charge in [0.05, 0.1) is 6.04 Å². The Morgan fingerprint density at radius 3 is 2.15 bits per heavy atom. The molecule has 0 aliphatic heterocycles. The predicted molar refractivity (Wildman–Crippen MR) is 70.3 cm³/mol. The first-order valence-corrected chi connectivity index (χ1v) is 6.03. The van der Waals surface area contributed by atoms with E-state index in [0.717, 1.165) is 16.7 Å². The average molecular weight is 281 g/mol. The lowest BCUT2D eigenvalue weighted by atomic mass is 9.96. The molecule has 0 aliphatic carbocycles. The van der Waals surface area contributed by atoms with Gasteiger partial charge >= 0.3 is 6.36 Å². The Morgan fingerprint density at radius 2 is 1.60 bits per heavy atom. The van der Waals surface area contributed by atoms with Crippen molar-refractivity contribution in [3.05, 3.63) is 65.2 Å². The van der Waals surface area contributed by atoms with Gasteiger partial charge in [-0.1, -0.05) is 36.4 Å². The van der Waals surface area contributed by atoms with Gasteiger partial charge in [0.1, 0.15) is 5.75 Å². The summed E-state index contributed by atoms with van der Waals surface area (Å²) in [6.07, 6.45) is -4.68. The summed E-state index contributed by atoms with van der Waals surface area (Å²) < 4.78 is 40.0. The van der Waals surface area contributed by atoms with Crippen LogP contribution in [0.25, 0.3) is 0 Å². The Balaban J connectivity index is 2.20. The maximum atomic E-state index is 12.1. The van der Waals surface area contributed by atoms with Gasteiger partial charge in [0.2, 0.25) is 0 Å². The monoisotopic (exact) mass is 281 g/mol. The van der Waals surface area contributed by atoms with E-state index in [1.54, 1.807) is 0 Å². The van der Waals surface area contributed by atoms with Crippen molar-refractivity contribution < 1.29 is 17.9 Å². The number of hydrogen-bond acceptors (Lipinski definition) is 2. The van der Waals surface area contributed by atoms with E-state index in [2.05, 4.69) is 4.74 Å². The molecule has 0 heterocycles. The Hall–Kier alpha value is -2.01. The number of alkyl halides is 3. The predicted octanol–water partition coefficient (Wildman–Crippen LogP) is 3.94. The van der Waals surface area contributed by atoms with Crippen LogP contribution in [0, 0.1) is 6.92 Å². The summed E-state index contributed by atoms with van der Waals surface area (Å²) in [4.78, 5) is 0. The third-order valence-electron chi connectivity index (χ3n) is 3.00. The number of halogens is 3. The average Bonchev–Trinajstić information content (AvgIpc) is 2.37. The van der Waals surface area contributed by atoms with Crippen LogP contribution in [0.3, 0.4) is 0 Å². The van der Waals surface area contributed by atoms with Crippen molar-refractivity contribution in [3.8, 4) is 5.75 Å². The highest BCUT2D eigenvalue weighted by Gasteiger charge is 2.31. The second kappa shape index (κ2) is 5.54. The molecule has 20 heavy (non-hydrogen) atoms. The second-order valence-corrected chi connectivity index (χ2v) is 4.45. The van der Waals surface area contributed by atoms with Crippen LogP contribution in [-0.2, 0) is 0 Å². The molecule has 0 bridgehead atoms. The molecular formula is C15H14F3NO. The molecule has 0 saturated heterocycles. The van der Waals surface area contributed by atoms with Crippen molar-refractivity contribution >= 4 is 0 Å². The minimum absolute atomic E-state index is 0.252. The van der Waals surface area contributed by atoms with Crippen LogP contribution in [0.5, 0.6) is 5.75 Å². The quantitative estimate of drug-likeness (QED) is 0.924. The fraction of sp³-hybridized carbons (Fsp3) is 0.200. The normalized spacial score (nSPS) is 13.1. The zero-order chi connectivity index (χ0) is 14.8. The molecule has 2 nitrogen and oxygen atoms in total. The first-order valence-electron chi connectivity index (χ1n) is 6.03. The number of aryl methyl sites for hydroxylation is 1. The van der Waals surface area contributed by atoms with E-state index in [0.29, 0.717) is 0 Å². The lowest BCUT2D eigenvalue weighted by molar-refractivity contribution is -0.274. The molecule has 0 amide bonds. The topological polar surface area (TPSA) is 35.2 Å². The lowest BCUT2D eigenvalue weighted by Crippen LogP contribution is -2.17. The molecule has 2 N–H and O–H groups in total. The summed E-state index contributed by atoms with van der Waals surface area (Å²) in [7, 11) is 0. The molecule has 2 rings (SSSR count). The van der Waals surface area contributed by atoms with Crippen molar-refractivity contribution in [2.45, 2.75) is 19.3 Å². The summed E-state index contributed by atoms with van der Waals surface area (Å²) in [5.41, 5.74) is 8.84. The third kappa shape index (κ3) is 3.51. The molecule has 0 fully saturated rings. The van der Waals surface area contributed by atoms with Gasteiger partial charge in [0.25, 0.3) is 0 Å². The molecule has 2 aromatic rings. The van der Waals surface area contributed by atoms with Crippen molar-refractivity contribution in [1.29, 1.82) is 0 Å². The molecule has 0 unspecified atom stereocenters. The molecule has 0 spiro atoms. The number of benzene rings is 2. The van der Waals surface area contributed by atoms with Gasteiger partial charge in [-0.2, -0.15) is 0 Å². The third-order valence-corrected chi connectivity index (χ3v) is 3.00. The molecule has 0 saturated carbocycles. The van der Waals surface area contributed by atoms with E-state index in [4.69, 9.17) is 5.73 Å². The molecular weight excluding hydrogens is 267 g/mol. The summed E-state index contributed by atoms with van der Waals surface area (Å²) in [5.74, 6) is -0.252. The minimum atomic E-state index is -4.68. The SMILES string of the molecule is Cc1ccccc1[C@@H](N)c1ccc(OC(F)(F)F)cc1. The zero-order valence-corrected chi connectivity index (χ0v) is 10.8. The van der Waals surface area contributed by atoms with Crippen LogP contribution >= 0.6 is 0 Å². The Morgan fingerprint density at radius 1 is 1.00 bits per heavy atom. The second-order valence-electron chi connectivity index (χ2n) is 4.45. The summed E-state index contributed by atoms with van der Waals surface area (Å²) in [6.45, 7) is 1.94. The van der Waals surface area contributed by atoms with Crippen LogP contribution in [0.4, 0.5) is 13.2 Å². The highest BCUT2D eigenvalue weighted by molar-refractivity contribution is 5.38. The molecule has 2 aromatic carbocycles. The van der Waals surface area contributed by atoms with Crippen LogP contribution in [0.2, 0.25) is 0 Å². The number of rotatable bonds is 3. The summed E-state index contributed by atoms with van der Waals surface area (Å²) in [5, 5.41) is 0. The van der Waals surface area contributed by atoms with E-state index in [1.165, 1.54) is 24.3 Å². The molecule has 106 valence electrons. The van der Waals surface area contributed by atoms with E-state index >= 15 is 0 Å². The number of nitrogens with two attached hydrogens (primary N) is 1. The smallest absolute Gasteiger partial charge is 0.406 e. The van der Waals surface area contributed by atoms with Gasteiger partial charge in [0.15, 0.2) is 0 Å². The van der Waals surface area contributed by atoms with E-state index < -0.39 is 6.36 Å². The summed E-state index contributed by atoms with van der Waals surface area (Å²) in [6, 6.07) is 12.9. The largest absolute Gasteiger partial charge is 0.573 e. The minimum Gasteiger partial charge on any atom is -0.406 e. The fourth-order valence-corrected chi connectivity index (χ4v) is 1.99. The van der Waals surface area contributed by atoms with E-state index in [1.807, 2.05) is 31.2 Å². The Labute approximate surface area is 115 Å². The van der Waals surface area contributed by atoms with Crippen LogP contribution in [-0.4, -0.2) is 6.36 Å². The van der Waals surface area contributed by atoms with Crippen molar-refractivity contribution in [2.24, 2.45) is 5.73 Å². The maximum Gasteiger partial charge on any atom is 0.573 e. The Bertz CT molecular complexity index is 578. The standard InChI is InChI=1S/C15H14F3NO/c1-10-4-2-3-5-13(10)14(19)11-6-8-12(9-7-11)20-15(16,17)18/h2-9,14H,19H2,1H3/t14-/m0/s1. The van der Waals surface area contributed by atoms with Gasteiger partial charge in [-0.15, -0.1) is 13.2 Å². The molecule has 0 aliphatic rings. The van der Waals surface area contributed by atoms with Crippen molar-refractivity contribution in [1.82, 2.24) is 0 Å². The lowest BCUT2D eigenvalue weighted by Gasteiger charge is -2.16. The molecule has 0 radical (unpaired) electrons. The van der Waals surface area contributed by atoms with Crippen LogP contribution < -0.4 is 10.5 Å². The number of hydrogen-bond donors (Lipinski definition) is 1. The van der Waals surface area contributed by atoms with Gasteiger partial charge in [-0.05, 0) is 35.7 Å². The first-order chi connectivity index (χ1) is 9.37. The van der Waals surface area contributed by atoms with Crippen LogP contribution in [0.15, 0.2) is 48.5 Å². The summed E-state index contributed by atoms with van der Waals surface area (Å²) >= 11 is 0. The van der Waals surface area contributed by atoms with Crippen molar-refractivity contribution in [3.63, 3.8) is 0 Å². The van der Waals surface area contributed by atoms with Crippen LogP contribution in [0.1, 0.15) is 22.7 Å². The molecule has 1 atom stereocenters. The first kappa shape index (κ1) is 14.4. The van der Waals surface area contributed by atoms with E-state index in [9.17, 15) is 13.2 Å². The van der Waals surface area contributed by atoms with Gasteiger partial charge in [0, 0.05) is 0 Å². The fourth-order valence-electron chi connectivity index (χ4n) is 1.99.